The van der Waals surface area contributed by atoms with Crippen LogP contribution in [0.1, 0.15) is 15.9 Å². The molecule has 0 aliphatic heterocycles. The van der Waals surface area contributed by atoms with Crippen LogP contribution in [0.15, 0.2) is 53.3 Å². The molecule has 17 heavy (non-hydrogen) atoms. The van der Waals surface area contributed by atoms with Gasteiger partial charge in [0.1, 0.15) is 4.60 Å². The van der Waals surface area contributed by atoms with Crippen molar-refractivity contribution in [3.05, 3.63) is 64.4 Å². The third-order valence-electron chi connectivity index (χ3n) is 2.10. The summed E-state index contributed by atoms with van der Waals surface area (Å²) in [5.41, 5.74) is 1.30. The van der Waals surface area contributed by atoms with Crippen LogP contribution in [-0.4, -0.2) is 10.8 Å². The minimum Gasteiger partial charge on any atom is -0.279 e. The lowest BCUT2D eigenvalue weighted by Gasteiger charge is -1.95. The fourth-order valence-electron chi connectivity index (χ4n) is 1.27. The van der Waals surface area contributed by atoms with E-state index < -0.39 is 0 Å². The molecule has 1 heterocycles. The maximum atomic E-state index is 11.8. The summed E-state index contributed by atoms with van der Waals surface area (Å²) in [6.45, 7) is 0. The maximum absolute atomic E-state index is 11.8. The number of Topliss-reactive ketones (excluding diaryl/α,β-unsaturated/α-hetero) is 1. The summed E-state index contributed by atoms with van der Waals surface area (Å²) in [6.07, 6.45) is 1.62. The van der Waals surface area contributed by atoms with E-state index in [1.165, 1.54) is 0 Å². The van der Waals surface area contributed by atoms with Crippen molar-refractivity contribution in [2.24, 2.45) is 0 Å². The Kier molecular flexibility index (Phi) is 3.69. The number of nitrogens with zero attached hydrogens (tertiary/aromatic N) is 1. The maximum Gasteiger partial charge on any atom is 0.238 e. The number of ketones is 1. The predicted octanol–water partition coefficient (Wildman–Crippen LogP) is 3.08. The Morgan fingerprint density at radius 3 is 2.59 bits per heavy atom. The second kappa shape index (κ2) is 5.42. The Morgan fingerprint density at radius 2 is 1.88 bits per heavy atom. The number of carbonyl (C=O) groups is 1. The number of carbonyl (C=O) groups excluding carboxylic acids is 1. The summed E-state index contributed by atoms with van der Waals surface area (Å²) in [6, 6.07) is 12.8. The first-order valence-electron chi connectivity index (χ1n) is 4.99. The van der Waals surface area contributed by atoms with Crippen molar-refractivity contribution in [1.82, 2.24) is 4.98 Å². The van der Waals surface area contributed by atoms with Gasteiger partial charge in [-0.05, 0) is 46.1 Å². The van der Waals surface area contributed by atoms with Crippen LogP contribution in [-0.2, 0) is 0 Å². The molecule has 0 saturated carbocycles. The van der Waals surface area contributed by atoms with E-state index in [-0.39, 0.29) is 5.78 Å². The van der Waals surface area contributed by atoms with Crippen molar-refractivity contribution in [3.63, 3.8) is 0 Å². The molecule has 0 fully saturated rings. The SMILES string of the molecule is O=C(C#Cc1ccccc1)c1cccnc1Br. The Balaban J connectivity index is 2.24. The van der Waals surface area contributed by atoms with Gasteiger partial charge < -0.3 is 0 Å². The van der Waals surface area contributed by atoms with Gasteiger partial charge in [-0.25, -0.2) is 4.98 Å². The largest absolute Gasteiger partial charge is 0.279 e. The van der Waals surface area contributed by atoms with E-state index in [1.54, 1.807) is 18.3 Å². The van der Waals surface area contributed by atoms with E-state index in [9.17, 15) is 4.79 Å². The monoisotopic (exact) mass is 285 g/mol. The molecule has 1 aromatic heterocycles. The van der Waals surface area contributed by atoms with Crippen molar-refractivity contribution >= 4 is 21.7 Å². The highest BCUT2D eigenvalue weighted by Gasteiger charge is 2.06. The van der Waals surface area contributed by atoms with Crippen LogP contribution in [0.4, 0.5) is 0 Å². The highest BCUT2D eigenvalue weighted by atomic mass is 79.9. The number of aromatic nitrogens is 1. The van der Waals surface area contributed by atoms with Gasteiger partial charge >= 0.3 is 0 Å². The molecule has 0 spiro atoms. The summed E-state index contributed by atoms with van der Waals surface area (Å²) < 4.78 is 0.521. The second-order valence-electron chi connectivity index (χ2n) is 3.29. The van der Waals surface area contributed by atoms with Crippen LogP contribution in [0, 0.1) is 11.8 Å². The molecule has 0 amide bonds. The topological polar surface area (TPSA) is 30.0 Å². The normalized spacial score (nSPS) is 9.24. The average molecular weight is 286 g/mol. The smallest absolute Gasteiger partial charge is 0.238 e. The standard InChI is InChI=1S/C14H8BrNO/c15-14-12(7-4-10-16-14)13(17)9-8-11-5-2-1-3-6-11/h1-7,10H. The summed E-state index contributed by atoms with van der Waals surface area (Å²) in [5.74, 6) is 5.18. The molecule has 0 unspecified atom stereocenters. The van der Waals surface area contributed by atoms with E-state index in [0.29, 0.717) is 10.2 Å². The van der Waals surface area contributed by atoms with Crippen molar-refractivity contribution in [3.8, 4) is 11.8 Å². The van der Waals surface area contributed by atoms with Gasteiger partial charge in [-0.1, -0.05) is 24.1 Å². The van der Waals surface area contributed by atoms with Crippen LogP contribution in [0.25, 0.3) is 0 Å². The minimum atomic E-state index is -0.242. The molecule has 0 radical (unpaired) electrons. The molecule has 2 rings (SSSR count). The zero-order valence-corrected chi connectivity index (χ0v) is 10.4. The van der Waals surface area contributed by atoms with Crippen molar-refractivity contribution in [1.29, 1.82) is 0 Å². The first-order chi connectivity index (χ1) is 8.27. The third-order valence-corrected chi connectivity index (χ3v) is 2.73. The fourth-order valence-corrected chi connectivity index (χ4v) is 1.70. The average Bonchev–Trinajstić information content (AvgIpc) is 2.38. The first kappa shape index (κ1) is 11.6. The summed E-state index contributed by atoms with van der Waals surface area (Å²) in [5, 5.41) is 0. The molecular weight excluding hydrogens is 278 g/mol. The highest BCUT2D eigenvalue weighted by molar-refractivity contribution is 9.10. The van der Waals surface area contributed by atoms with Gasteiger partial charge in [-0.2, -0.15) is 0 Å². The van der Waals surface area contributed by atoms with Crippen LogP contribution in [0.2, 0.25) is 0 Å². The molecule has 1 aromatic carbocycles. The van der Waals surface area contributed by atoms with Crippen molar-refractivity contribution in [2.45, 2.75) is 0 Å². The van der Waals surface area contributed by atoms with Crippen LogP contribution < -0.4 is 0 Å². The lowest BCUT2D eigenvalue weighted by molar-refractivity contribution is 0.105. The number of hydrogen-bond acceptors (Lipinski definition) is 2. The molecular formula is C14H8BrNO. The lowest BCUT2D eigenvalue weighted by atomic mass is 10.1. The molecule has 0 aliphatic carbocycles. The molecule has 82 valence electrons. The number of rotatable bonds is 1. The van der Waals surface area contributed by atoms with Gasteiger partial charge in [-0.3, -0.25) is 4.79 Å². The number of hydrogen-bond donors (Lipinski definition) is 0. The van der Waals surface area contributed by atoms with Crippen molar-refractivity contribution < 1.29 is 4.79 Å². The zero-order chi connectivity index (χ0) is 12.1. The van der Waals surface area contributed by atoms with Gasteiger partial charge in [0.15, 0.2) is 0 Å². The zero-order valence-electron chi connectivity index (χ0n) is 8.85. The van der Waals surface area contributed by atoms with E-state index in [2.05, 4.69) is 32.8 Å². The van der Waals surface area contributed by atoms with Gasteiger partial charge in [0.25, 0.3) is 0 Å². The van der Waals surface area contributed by atoms with E-state index in [1.807, 2.05) is 30.3 Å². The van der Waals surface area contributed by atoms with Gasteiger partial charge in [-0.15, -0.1) is 0 Å². The lowest BCUT2D eigenvalue weighted by Crippen LogP contribution is -1.97. The Labute approximate surface area is 108 Å². The molecule has 0 atom stereocenters. The minimum absolute atomic E-state index is 0.242. The fraction of sp³-hybridized carbons (Fsp3) is 0. The summed E-state index contributed by atoms with van der Waals surface area (Å²) in [7, 11) is 0. The van der Waals surface area contributed by atoms with E-state index in [4.69, 9.17) is 0 Å². The Morgan fingerprint density at radius 1 is 1.12 bits per heavy atom. The molecule has 0 bridgehead atoms. The quantitative estimate of drug-likeness (QED) is 0.458. The second-order valence-corrected chi connectivity index (χ2v) is 4.04. The molecule has 0 saturated heterocycles. The van der Waals surface area contributed by atoms with Crippen LogP contribution in [0.3, 0.4) is 0 Å². The van der Waals surface area contributed by atoms with Crippen LogP contribution in [0.5, 0.6) is 0 Å². The van der Waals surface area contributed by atoms with Gasteiger partial charge in [0.2, 0.25) is 5.78 Å². The van der Waals surface area contributed by atoms with Gasteiger partial charge in [0.05, 0.1) is 5.56 Å². The molecule has 3 heteroatoms. The number of halogens is 1. The molecule has 0 N–H and O–H groups in total. The highest BCUT2D eigenvalue weighted by Crippen LogP contribution is 2.12. The van der Waals surface area contributed by atoms with E-state index >= 15 is 0 Å². The Bertz CT molecular complexity index is 596. The van der Waals surface area contributed by atoms with Crippen LogP contribution >= 0.6 is 15.9 Å². The molecule has 0 aliphatic rings. The first-order valence-corrected chi connectivity index (χ1v) is 5.78. The summed E-state index contributed by atoms with van der Waals surface area (Å²) in [4.78, 5) is 15.8. The summed E-state index contributed by atoms with van der Waals surface area (Å²) >= 11 is 3.22. The molecule has 2 aromatic rings. The van der Waals surface area contributed by atoms with Crippen molar-refractivity contribution in [2.75, 3.05) is 0 Å². The predicted molar refractivity (Wildman–Crippen MR) is 69.6 cm³/mol. The number of pyridine rings is 1. The van der Waals surface area contributed by atoms with E-state index in [0.717, 1.165) is 5.56 Å². The third kappa shape index (κ3) is 3.02. The number of benzene rings is 1. The molecule has 2 nitrogen and oxygen atoms in total. The Hall–Kier alpha value is -1.92. The van der Waals surface area contributed by atoms with Gasteiger partial charge in [0, 0.05) is 11.8 Å².